The van der Waals surface area contributed by atoms with Crippen LogP contribution < -0.4 is 0 Å². The van der Waals surface area contributed by atoms with Crippen molar-refractivity contribution < 1.29 is 9.52 Å². The Labute approximate surface area is 116 Å². The normalized spacial score (nSPS) is 12.8. The molecule has 1 N–H and O–H groups in total. The van der Waals surface area contributed by atoms with Gasteiger partial charge in [0.2, 0.25) is 0 Å². The maximum Gasteiger partial charge on any atom is 0.153 e. The number of rotatable bonds is 2. The maximum absolute atomic E-state index is 10.4. The summed E-state index contributed by atoms with van der Waals surface area (Å²) in [6.45, 7) is 1.99. The van der Waals surface area contributed by atoms with Crippen LogP contribution in [-0.2, 0) is 0 Å². The van der Waals surface area contributed by atoms with E-state index in [1.54, 1.807) is 6.07 Å². The fraction of sp³-hybridized carbons (Fsp3) is 0.125. The minimum atomic E-state index is -0.775. The third-order valence-corrected chi connectivity index (χ3v) is 3.44. The van der Waals surface area contributed by atoms with Crippen LogP contribution in [0.4, 0.5) is 0 Å². The van der Waals surface area contributed by atoms with Gasteiger partial charge in [-0.3, -0.25) is 0 Å². The summed E-state index contributed by atoms with van der Waals surface area (Å²) in [5.74, 6) is 0.508. The van der Waals surface area contributed by atoms with E-state index in [9.17, 15) is 5.11 Å². The maximum atomic E-state index is 10.4. The number of furan rings is 1. The van der Waals surface area contributed by atoms with Crippen LogP contribution in [0.25, 0.3) is 11.0 Å². The van der Waals surface area contributed by atoms with Gasteiger partial charge >= 0.3 is 0 Å². The molecular formula is C16H13ClO2. The van der Waals surface area contributed by atoms with Gasteiger partial charge in [-0.25, -0.2) is 0 Å². The van der Waals surface area contributed by atoms with Crippen molar-refractivity contribution in [2.45, 2.75) is 13.0 Å². The molecule has 3 heteroatoms. The first-order valence-electron chi connectivity index (χ1n) is 6.08. The van der Waals surface area contributed by atoms with Crippen LogP contribution in [0.3, 0.4) is 0 Å². The summed E-state index contributed by atoms with van der Waals surface area (Å²) in [5, 5.41) is 11.8. The van der Waals surface area contributed by atoms with Gasteiger partial charge in [-0.05, 0) is 24.6 Å². The van der Waals surface area contributed by atoms with Crippen molar-refractivity contribution >= 4 is 22.6 Å². The van der Waals surface area contributed by atoms with Crippen LogP contribution in [0.2, 0.25) is 5.02 Å². The SMILES string of the molecule is Cc1cccc(C(O)c2cc3cccc(Cl)c3o2)c1. The summed E-state index contributed by atoms with van der Waals surface area (Å²) in [7, 11) is 0. The first kappa shape index (κ1) is 12.3. The number of halogens is 1. The van der Waals surface area contributed by atoms with Crippen LogP contribution in [0.5, 0.6) is 0 Å². The number of aliphatic hydroxyl groups is 1. The third-order valence-electron chi connectivity index (χ3n) is 3.14. The van der Waals surface area contributed by atoms with E-state index < -0.39 is 6.10 Å². The van der Waals surface area contributed by atoms with Crippen molar-refractivity contribution in [2.75, 3.05) is 0 Å². The van der Waals surface area contributed by atoms with Crippen LogP contribution in [0, 0.1) is 6.92 Å². The van der Waals surface area contributed by atoms with E-state index in [1.165, 1.54) is 0 Å². The van der Waals surface area contributed by atoms with E-state index >= 15 is 0 Å². The molecule has 0 bridgehead atoms. The van der Waals surface area contributed by atoms with E-state index in [2.05, 4.69) is 0 Å². The zero-order chi connectivity index (χ0) is 13.4. The molecule has 0 aliphatic heterocycles. The van der Waals surface area contributed by atoms with Crippen LogP contribution >= 0.6 is 11.6 Å². The van der Waals surface area contributed by atoms with Gasteiger partial charge in [0.05, 0.1) is 5.02 Å². The number of hydrogen-bond acceptors (Lipinski definition) is 2. The van der Waals surface area contributed by atoms with Gasteiger partial charge in [-0.2, -0.15) is 0 Å². The molecule has 0 radical (unpaired) electrons. The summed E-state index contributed by atoms with van der Waals surface area (Å²) in [6.07, 6.45) is -0.775. The van der Waals surface area contributed by atoms with Gasteiger partial charge in [0.1, 0.15) is 11.9 Å². The molecule has 1 atom stereocenters. The standard InChI is InChI=1S/C16H13ClO2/c1-10-4-2-5-11(8-10)15(18)14-9-12-6-3-7-13(17)16(12)19-14/h2-9,15,18H,1H3. The topological polar surface area (TPSA) is 33.4 Å². The molecule has 96 valence electrons. The highest BCUT2D eigenvalue weighted by Crippen LogP contribution is 2.31. The van der Waals surface area contributed by atoms with Crippen molar-refractivity contribution in [2.24, 2.45) is 0 Å². The number of hydrogen-bond donors (Lipinski definition) is 1. The van der Waals surface area contributed by atoms with Crippen molar-refractivity contribution in [3.63, 3.8) is 0 Å². The van der Waals surface area contributed by atoms with Crippen molar-refractivity contribution in [3.8, 4) is 0 Å². The molecule has 0 fully saturated rings. The Morgan fingerprint density at radius 3 is 2.63 bits per heavy atom. The van der Waals surface area contributed by atoms with Crippen LogP contribution in [0.1, 0.15) is 23.0 Å². The molecule has 2 nitrogen and oxygen atoms in total. The zero-order valence-corrected chi connectivity index (χ0v) is 11.2. The third kappa shape index (κ3) is 2.25. The van der Waals surface area contributed by atoms with Crippen LogP contribution in [0.15, 0.2) is 52.9 Å². The van der Waals surface area contributed by atoms with Gasteiger partial charge < -0.3 is 9.52 Å². The first-order chi connectivity index (χ1) is 9.15. The van der Waals surface area contributed by atoms with E-state index in [0.717, 1.165) is 16.5 Å². The molecule has 0 aliphatic rings. The monoisotopic (exact) mass is 272 g/mol. The minimum absolute atomic E-state index is 0.508. The quantitative estimate of drug-likeness (QED) is 0.746. The minimum Gasteiger partial charge on any atom is -0.456 e. The van der Waals surface area contributed by atoms with Gasteiger partial charge in [0.15, 0.2) is 5.58 Å². The molecule has 19 heavy (non-hydrogen) atoms. The molecule has 0 saturated carbocycles. The van der Waals surface area contributed by atoms with Crippen molar-refractivity contribution in [1.82, 2.24) is 0 Å². The van der Waals surface area contributed by atoms with E-state index in [-0.39, 0.29) is 0 Å². The lowest BCUT2D eigenvalue weighted by Crippen LogP contribution is -1.97. The Balaban J connectivity index is 2.06. The zero-order valence-electron chi connectivity index (χ0n) is 10.4. The van der Waals surface area contributed by atoms with E-state index in [4.69, 9.17) is 16.0 Å². The Morgan fingerprint density at radius 1 is 1.11 bits per heavy atom. The lowest BCUT2D eigenvalue weighted by molar-refractivity contribution is 0.192. The second-order valence-electron chi connectivity index (χ2n) is 4.62. The largest absolute Gasteiger partial charge is 0.456 e. The summed E-state index contributed by atoms with van der Waals surface area (Å²) < 4.78 is 5.67. The van der Waals surface area contributed by atoms with Gasteiger partial charge in [0.25, 0.3) is 0 Å². The number of aliphatic hydroxyl groups excluding tert-OH is 1. The first-order valence-corrected chi connectivity index (χ1v) is 6.45. The summed E-state index contributed by atoms with van der Waals surface area (Å²) in [5.41, 5.74) is 2.53. The predicted molar refractivity (Wildman–Crippen MR) is 76.5 cm³/mol. The summed E-state index contributed by atoms with van der Waals surface area (Å²) in [6, 6.07) is 15.1. The van der Waals surface area contributed by atoms with E-state index in [1.807, 2.05) is 49.4 Å². The van der Waals surface area contributed by atoms with Gasteiger partial charge in [0, 0.05) is 5.39 Å². The van der Waals surface area contributed by atoms with Gasteiger partial charge in [-0.1, -0.05) is 53.6 Å². The molecule has 0 saturated heterocycles. The molecule has 3 aromatic rings. The number of para-hydroxylation sites is 1. The lowest BCUT2D eigenvalue weighted by atomic mass is 10.0. The molecule has 1 aromatic heterocycles. The molecule has 0 spiro atoms. The number of fused-ring (bicyclic) bond motifs is 1. The smallest absolute Gasteiger partial charge is 0.153 e. The molecule has 0 amide bonds. The Bertz CT molecular complexity index is 730. The second-order valence-corrected chi connectivity index (χ2v) is 5.03. The average molecular weight is 273 g/mol. The fourth-order valence-electron chi connectivity index (χ4n) is 2.19. The molecular weight excluding hydrogens is 260 g/mol. The number of aryl methyl sites for hydroxylation is 1. The van der Waals surface area contributed by atoms with Crippen molar-refractivity contribution in [1.29, 1.82) is 0 Å². The predicted octanol–water partition coefficient (Wildman–Crippen LogP) is 4.48. The number of benzene rings is 2. The highest BCUT2D eigenvalue weighted by atomic mass is 35.5. The van der Waals surface area contributed by atoms with Gasteiger partial charge in [-0.15, -0.1) is 0 Å². The summed E-state index contributed by atoms with van der Waals surface area (Å²) in [4.78, 5) is 0. The molecule has 1 heterocycles. The molecule has 2 aromatic carbocycles. The highest BCUT2D eigenvalue weighted by molar-refractivity contribution is 6.34. The molecule has 0 aliphatic carbocycles. The Kier molecular flexibility index (Phi) is 3.05. The molecule has 3 rings (SSSR count). The molecule has 1 unspecified atom stereocenters. The van der Waals surface area contributed by atoms with Crippen LogP contribution in [-0.4, -0.2) is 5.11 Å². The fourth-order valence-corrected chi connectivity index (χ4v) is 2.41. The average Bonchev–Trinajstić information content (AvgIpc) is 2.83. The second kappa shape index (κ2) is 4.72. The lowest BCUT2D eigenvalue weighted by Gasteiger charge is -2.08. The Hall–Kier alpha value is -1.77. The van der Waals surface area contributed by atoms with Crippen molar-refractivity contribution in [3.05, 3.63) is 70.4 Å². The highest BCUT2D eigenvalue weighted by Gasteiger charge is 2.16. The summed E-state index contributed by atoms with van der Waals surface area (Å²) >= 11 is 6.07. The van der Waals surface area contributed by atoms with E-state index in [0.29, 0.717) is 16.4 Å². The Morgan fingerprint density at radius 2 is 1.89 bits per heavy atom.